The van der Waals surface area contributed by atoms with E-state index in [1.807, 2.05) is 48.7 Å². The van der Waals surface area contributed by atoms with E-state index in [1.165, 1.54) is 0 Å². The minimum Gasteiger partial charge on any atom is -0.490 e. The van der Waals surface area contributed by atoms with Crippen LogP contribution in [0.5, 0.6) is 5.75 Å². The molecule has 1 aliphatic rings. The number of rotatable bonds is 5. The van der Waals surface area contributed by atoms with Gasteiger partial charge in [-0.3, -0.25) is 14.0 Å². The summed E-state index contributed by atoms with van der Waals surface area (Å²) in [4.78, 5) is 31.6. The first kappa shape index (κ1) is 18.2. The maximum Gasteiger partial charge on any atom is 0.277 e. The predicted octanol–water partition coefficient (Wildman–Crippen LogP) is 3.70. The third kappa shape index (κ3) is 2.85. The number of benzene rings is 1. The van der Waals surface area contributed by atoms with Crippen molar-refractivity contribution in [3.05, 3.63) is 59.0 Å². The average molecular weight is 377 g/mol. The van der Waals surface area contributed by atoms with Gasteiger partial charge in [0.05, 0.1) is 12.3 Å². The number of imidazole rings is 1. The molecule has 0 bridgehead atoms. The maximum atomic E-state index is 13.5. The van der Waals surface area contributed by atoms with Crippen molar-refractivity contribution in [2.75, 3.05) is 18.1 Å². The summed E-state index contributed by atoms with van der Waals surface area (Å²) in [6.45, 7) is 6.61. The summed E-state index contributed by atoms with van der Waals surface area (Å²) in [7, 11) is 0. The van der Waals surface area contributed by atoms with E-state index in [0.717, 1.165) is 23.4 Å². The average Bonchev–Trinajstić information content (AvgIpc) is 3.29. The number of aromatic nitrogens is 2. The van der Waals surface area contributed by atoms with Gasteiger partial charge in [-0.25, -0.2) is 4.98 Å². The van der Waals surface area contributed by atoms with Gasteiger partial charge >= 0.3 is 0 Å². The van der Waals surface area contributed by atoms with Crippen molar-refractivity contribution in [2.24, 2.45) is 0 Å². The molecule has 0 radical (unpaired) electrons. The summed E-state index contributed by atoms with van der Waals surface area (Å²) in [5.41, 5.74) is 4.57. The van der Waals surface area contributed by atoms with Gasteiger partial charge in [-0.1, -0.05) is 6.92 Å². The topological polar surface area (TPSA) is 63.9 Å². The number of carbonyl (C=O) groups is 2. The van der Waals surface area contributed by atoms with Crippen LogP contribution in [0, 0.1) is 0 Å². The number of Topliss-reactive ketones (excluding diaryl/α,β-unsaturated/α-hetero) is 1. The lowest BCUT2D eigenvalue weighted by atomic mass is 10.1. The van der Waals surface area contributed by atoms with Crippen LogP contribution in [0.25, 0.3) is 5.65 Å². The lowest BCUT2D eigenvalue weighted by Gasteiger charge is -2.18. The molecule has 0 spiro atoms. The van der Waals surface area contributed by atoms with E-state index in [4.69, 9.17) is 4.74 Å². The van der Waals surface area contributed by atoms with Crippen molar-refractivity contribution in [3.63, 3.8) is 0 Å². The van der Waals surface area contributed by atoms with Crippen LogP contribution in [0.1, 0.15) is 52.9 Å². The number of ketones is 1. The molecular weight excluding hydrogens is 354 g/mol. The first-order chi connectivity index (χ1) is 13.5. The molecule has 0 atom stereocenters. The number of hydrogen-bond acceptors (Lipinski definition) is 4. The maximum absolute atomic E-state index is 13.5. The Morgan fingerprint density at radius 2 is 2.04 bits per heavy atom. The summed E-state index contributed by atoms with van der Waals surface area (Å²) in [6, 6.07) is 9.29. The van der Waals surface area contributed by atoms with Gasteiger partial charge in [0.1, 0.15) is 5.69 Å². The molecule has 0 N–H and O–H groups in total. The highest BCUT2D eigenvalue weighted by Crippen LogP contribution is 2.32. The number of pyridine rings is 1. The van der Waals surface area contributed by atoms with E-state index < -0.39 is 0 Å². The fraction of sp³-hybridized carbons (Fsp3) is 0.318. The molecule has 3 aromatic rings. The first-order valence-corrected chi connectivity index (χ1v) is 9.63. The summed E-state index contributed by atoms with van der Waals surface area (Å²) >= 11 is 0. The van der Waals surface area contributed by atoms with Crippen LogP contribution in [-0.2, 0) is 12.8 Å². The number of amides is 1. The monoisotopic (exact) mass is 377 g/mol. The largest absolute Gasteiger partial charge is 0.490 e. The molecule has 1 aliphatic heterocycles. The number of nitrogens with zero attached hydrogens (tertiary/aromatic N) is 3. The van der Waals surface area contributed by atoms with Crippen molar-refractivity contribution in [1.82, 2.24) is 9.38 Å². The minimum absolute atomic E-state index is 0.0334. The normalized spacial score (nSPS) is 13.0. The zero-order chi connectivity index (χ0) is 19.8. The second-order valence-corrected chi connectivity index (χ2v) is 6.87. The predicted molar refractivity (Wildman–Crippen MR) is 108 cm³/mol. The molecule has 2 aromatic heterocycles. The molecule has 4 rings (SSSR count). The third-order valence-corrected chi connectivity index (χ3v) is 5.15. The van der Waals surface area contributed by atoms with Crippen molar-refractivity contribution < 1.29 is 14.3 Å². The van der Waals surface area contributed by atoms with Gasteiger partial charge in [-0.15, -0.1) is 0 Å². The van der Waals surface area contributed by atoms with E-state index in [2.05, 4.69) is 4.98 Å². The van der Waals surface area contributed by atoms with Gasteiger partial charge in [0.2, 0.25) is 0 Å². The number of ether oxygens (including phenoxy) is 1. The van der Waals surface area contributed by atoms with Crippen LogP contribution < -0.4 is 9.64 Å². The fourth-order valence-corrected chi connectivity index (χ4v) is 3.79. The highest BCUT2D eigenvalue weighted by Gasteiger charge is 2.30. The summed E-state index contributed by atoms with van der Waals surface area (Å²) in [5, 5.41) is 0. The van der Waals surface area contributed by atoms with Crippen molar-refractivity contribution in [2.45, 2.75) is 33.6 Å². The van der Waals surface area contributed by atoms with Gasteiger partial charge in [-0.2, -0.15) is 0 Å². The molecule has 28 heavy (non-hydrogen) atoms. The molecule has 0 unspecified atom stereocenters. The molecule has 144 valence electrons. The van der Waals surface area contributed by atoms with E-state index in [-0.39, 0.29) is 11.7 Å². The molecule has 1 amide bonds. The molecule has 0 saturated carbocycles. The lowest BCUT2D eigenvalue weighted by molar-refractivity contribution is 0.0981. The highest BCUT2D eigenvalue weighted by molar-refractivity contribution is 6.08. The zero-order valence-corrected chi connectivity index (χ0v) is 16.4. The lowest BCUT2D eigenvalue weighted by Crippen LogP contribution is -2.30. The standard InChI is InChI=1S/C22H23N3O3/c1-4-17-20(25-11-6-7-19(28-5-2)21(25)23-17)22(27)24-12-10-16-13-15(14(3)26)8-9-18(16)24/h6-9,11,13H,4-5,10,12H2,1-3H3. The van der Waals surface area contributed by atoms with Crippen LogP contribution in [0.4, 0.5) is 5.69 Å². The molecule has 0 fully saturated rings. The van der Waals surface area contributed by atoms with E-state index >= 15 is 0 Å². The van der Waals surface area contributed by atoms with Crippen LogP contribution in [0.2, 0.25) is 0 Å². The molecule has 0 saturated heterocycles. The van der Waals surface area contributed by atoms with Crippen LogP contribution in [0.3, 0.4) is 0 Å². The zero-order valence-electron chi connectivity index (χ0n) is 16.4. The van der Waals surface area contributed by atoms with Gasteiger partial charge in [-0.05, 0) is 62.6 Å². The Hall–Kier alpha value is -3.15. The Morgan fingerprint density at radius 1 is 1.21 bits per heavy atom. The van der Waals surface area contributed by atoms with E-state index in [1.54, 1.807) is 17.9 Å². The second-order valence-electron chi connectivity index (χ2n) is 6.87. The smallest absolute Gasteiger partial charge is 0.277 e. The van der Waals surface area contributed by atoms with Gasteiger partial charge in [0, 0.05) is 24.0 Å². The van der Waals surface area contributed by atoms with Crippen LogP contribution in [0.15, 0.2) is 36.5 Å². The van der Waals surface area contributed by atoms with Crippen molar-refractivity contribution in [1.29, 1.82) is 0 Å². The van der Waals surface area contributed by atoms with Gasteiger partial charge in [0.25, 0.3) is 5.91 Å². The molecular formula is C22H23N3O3. The first-order valence-electron chi connectivity index (χ1n) is 9.63. The Balaban J connectivity index is 1.79. The molecule has 3 heterocycles. The molecule has 0 aliphatic carbocycles. The number of fused-ring (bicyclic) bond motifs is 2. The second kappa shape index (κ2) is 7.11. The quantitative estimate of drug-likeness (QED) is 0.636. The van der Waals surface area contributed by atoms with E-state index in [9.17, 15) is 9.59 Å². The number of anilines is 1. The minimum atomic E-state index is -0.0766. The number of hydrogen-bond donors (Lipinski definition) is 0. The Kier molecular flexibility index (Phi) is 4.63. The van der Waals surface area contributed by atoms with Crippen molar-refractivity contribution >= 4 is 23.0 Å². The van der Waals surface area contributed by atoms with Crippen LogP contribution >= 0.6 is 0 Å². The van der Waals surface area contributed by atoms with Gasteiger partial charge in [0.15, 0.2) is 17.2 Å². The number of aryl methyl sites for hydroxylation is 1. The van der Waals surface area contributed by atoms with E-state index in [0.29, 0.717) is 42.2 Å². The Bertz CT molecular complexity index is 1080. The molecule has 6 heteroatoms. The van der Waals surface area contributed by atoms with Crippen LogP contribution in [-0.4, -0.2) is 34.2 Å². The number of carbonyl (C=O) groups excluding carboxylic acids is 2. The summed E-state index contributed by atoms with van der Waals surface area (Å²) in [6.07, 6.45) is 3.25. The third-order valence-electron chi connectivity index (χ3n) is 5.15. The Labute approximate surface area is 163 Å². The Morgan fingerprint density at radius 3 is 2.75 bits per heavy atom. The molecule has 6 nitrogen and oxygen atoms in total. The molecule has 1 aromatic carbocycles. The van der Waals surface area contributed by atoms with Gasteiger partial charge < -0.3 is 9.64 Å². The van der Waals surface area contributed by atoms with Crippen molar-refractivity contribution in [3.8, 4) is 5.75 Å². The summed E-state index contributed by atoms with van der Waals surface area (Å²) in [5.74, 6) is 0.630. The fourth-order valence-electron chi connectivity index (χ4n) is 3.79. The highest BCUT2D eigenvalue weighted by atomic mass is 16.5. The SMILES string of the molecule is CCOc1cccn2c(C(=O)N3CCc4cc(C(C)=O)ccc43)c(CC)nc12. The summed E-state index contributed by atoms with van der Waals surface area (Å²) < 4.78 is 7.52.